The van der Waals surface area contributed by atoms with Gasteiger partial charge in [-0.15, -0.1) is 0 Å². The Bertz CT molecular complexity index is 957. The van der Waals surface area contributed by atoms with Gasteiger partial charge in [-0.25, -0.2) is 8.78 Å². The summed E-state index contributed by atoms with van der Waals surface area (Å²) in [5.41, 5.74) is 1.50. The summed E-state index contributed by atoms with van der Waals surface area (Å²) in [5.74, 6) is -0.0637. The van der Waals surface area contributed by atoms with Crippen molar-refractivity contribution < 1.29 is 18.4 Å². The van der Waals surface area contributed by atoms with Gasteiger partial charge in [0.1, 0.15) is 17.7 Å². The van der Waals surface area contributed by atoms with Crippen LogP contribution in [0.15, 0.2) is 48.5 Å². The Balaban J connectivity index is 1.35. The Morgan fingerprint density at radius 2 is 1.58 bits per heavy atom. The number of hydrogen-bond acceptors (Lipinski definition) is 3. The summed E-state index contributed by atoms with van der Waals surface area (Å²) in [5, 5.41) is 2.90. The van der Waals surface area contributed by atoms with Crippen molar-refractivity contribution in [1.29, 1.82) is 0 Å². The third-order valence-corrected chi connectivity index (χ3v) is 6.81. The van der Waals surface area contributed by atoms with Crippen molar-refractivity contribution in [2.45, 2.75) is 37.6 Å². The lowest BCUT2D eigenvalue weighted by atomic mass is 10.0. The van der Waals surface area contributed by atoms with E-state index in [-0.39, 0.29) is 17.6 Å². The molecule has 0 unspecified atom stereocenters. The number of halogens is 2. The minimum atomic E-state index is -0.603. The van der Waals surface area contributed by atoms with E-state index in [1.165, 1.54) is 36.4 Å². The van der Waals surface area contributed by atoms with Crippen LogP contribution in [0.1, 0.15) is 47.5 Å². The Morgan fingerprint density at radius 1 is 0.970 bits per heavy atom. The number of nitrogens with zero attached hydrogens (tertiary/aromatic N) is 2. The van der Waals surface area contributed by atoms with Crippen LogP contribution in [0.25, 0.3) is 0 Å². The van der Waals surface area contributed by atoms with Crippen LogP contribution in [0, 0.1) is 17.6 Å². The lowest BCUT2D eigenvalue weighted by Gasteiger charge is -2.34. The molecule has 176 valence electrons. The van der Waals surface area contributed by atoms with E-state index >= 15 is 0 Å². The zero-order chi connectivity index (χ0) is 23.4. The molecule has 2 aromatic rings. The summed E-state index contributed by atoms with van der Waals surface area (Å²) >= 11 is 0. The van der Waals surface area contributed by atoms with Crippen LogP contribution in [0.3, 0.4) is 0 Å². The maximum atomic E-state index is 13.2. The Hall–Kier alpha value is -2.80. The standard InChI is InChI=1S/C26H31F2N3O2/c1-30-13-15-31(16-14-30)26(33)24(29-25(32)19-7-11-22(28)12-8-19)4-2-3-20-17-23(20)18-5-9-21(27)10-6-18/h5-12,20,23-24H,2-4,13-17H2,1H3,(H,29,32)/t20-,23+,24+/m1/s1. The van der Waals surface area contributed by atoms with Crippen molar-refractivity contribution >= 4 is 11.8 Å². The molecule has 1 N–H and O–H groups in total. The number of nitrogens with one attached hydrogen (secondary N) is 1. The SMILES string of the molecule is CN1CCN(C(=O)[C@H](CCC[C@@H]2C[C@H]2c2ccc(F)cc2)NC(=O)c2ccc(F)cc2)CC1. The van der Waals surface area contributed by atoms with Gasteiger partial charge in [0.2, 0.25) is 5.91 Å². The topological polar surface area (TPSA) is 52.6 Å². The van der Waals surface area contributed by atoms with Crippen molar-refractivity contribution in [3.05, 3.63) is 71.3 Å². The molecule has 2 amide bonds. The fraction of sp³-hybridized carbons (Fsp3) is 0.462. The van der Waals surface area contributed by atoms with E-state index in [9.17, 15) is 18.4 Å². The average Bonchev–Trinajstić information content (AvgIpc) is 3.59. The van der Waals surface area contributed by atoms with Gasteiger partial charge in [0.25, 0.3) is 5.91 Å². The van der Waals surface area contributed by atoms with E-state index in [0.717, 1.165) is 37.9 Å². The van der Waals surface area contributed by atoms with Crippen molar-refractivity contribution in [3.8, 4) is 0 Å². The number of carbonyl (C=O) groups excluding carboxylic acids is 2. The predicted octanol–water partition coefficient (Wildman–Crippen LogP) is 3.81. The normalized spacial score (nSPS) is 21.5. The molecule has 1 heterocycles. The van der Waals surface area contributed by atoms with Crippen LogP contribution < -0.4 is 5.32 Å². The number of piperazine rings is 1. The molecule has 4 rings (SSSR count). The highest BCUT2D eigenvalue weighted by atomic mass is 19.1. The van der Waals surface area contributed by atoms with Crippen molar-refractivity contribution in [1.82, 2.24) is 15.1 Å². The summed E-state index contributed by atoms with van der Waals surface area (Å²) in [6, 6.07) is 11.4. The van der Waals surface area contributed by atoms with E-state index in [0.29, 0.717) is 36.9 Å². The largest absolute Gasteiger partial charge is 0.340 e. The van der Waals surface area contributed by atoms with Crippen LogP contribution in [0.4, 0.5) is 8.78 Å². The van der Waals surface area contributed by atoms with Gasteiger partial charge in [-0.1, -0.05) is 18.6 Å². The number of hydrogen-bond donors (Lipinski definition) is 1. The van der Waals surface area contributed by atoms with Gasteiger partial charge in [-0.2, -0.15) is 0 Å². The number of amides is 2. The summed E-state index contributed by atoms with van der Waals surface area (Å²) < 4.78 is 26.4. The van der Waals surface area contributed by atoms with E-state index in [1.54, 1.807) is 0 Å². The van der Waals surface area contributed by atoms with Crippen LogP contribution in [0.2, 0.25) is 0 Å². The van der Waals surface area contributed by atoms with Gasteiger partial charge in [-0.3, -0.25) is 9.59 Å². The summed E-state index contributed by atoms with van der Waals surface area (Å²) in [6.07, 6.45) is 3.41. The molecule has 1 saturated heterocycles. The van der Waals surface area contributed by atoms with Gasteiger partial charge in [0.05, 0.1) is 0 Å². The Kier molecular flexibility index (Phi) is 7.38. The molecule has 2 aromatic carbocycles. The van der Waals surface area contributed by atoms with E-state index in [4.69, 9.17) is 0 Å². The third kappa shape index (κ3) is 6.16. The minimum absolute atomic E-state index is 0.0514. The maximum absolute atomic E-state index is 13.2. The lowest BCUT2D eigenvalue weighted by molar-refractivity contribution is -0.135. The molecular weight excluding hydrogens is 424 g/mol. The molecular formula is C26H31F2N3O2. The van der Waals surface area contributed by atoms with Crippen LogP contribution in [-0.4, -0.2) is 60.9 Å². The molecule has 7 heteroatoms. The zero-order valence-corrected chi connectivity index (χ0v) is 19.0. The second-order valence-corrected chi connectivity index (χ2v) is 9.25. The second-order valence-electron chi connectivity index (χ2n) is 9.25. The van der Waals surface area contributed by atoms with Crippen LogP contribution in [-0.2, 0) is 4.79 Å². The molecule has 2 fully saturated rings. The molecule has 1 aliphatic carbocycles. The predicted molar refractivity (Wildman–Crippen MR) is 123 cm³/mol. The zero-order valence-electron chi connectivity index (χ0n) is 19.0. The summed E-state index contributed by atoms with van der Waals surface area (Å²) in [4.78, 5) is 30.0. The molecule has 1 aliphatic heterocycles. The molecule has 0 bridgehead atoms. The van der Waals surface area contributed by atoms with Crippen molar-refractivity contribution in [2.75, 3.05) is 33.2 Å². The fourth-order valence-electron chi connectivity index (χ4n) is 4.62. The highest BCUT2D eigenvalue weighted by Gasteiger charge is 2.38. The van der Waals surface area contributed by atoms with Crippen molar-refractivity contribution in [2.24, 2.45) is 5.92 Å². The van der Waals surface area contributed by atoms with Gasteiger partial charge >= 0.3 is 0 Å². The highest BCUT2D eigenvalue weighted by molar-refractivity contribution is 5.97. The first-order chi connectivity index (χ1) is 15.9. The average molecular weight is 456 g/mol. The molecule has 1 saturated carbocycles. The molecule has 0 spiro atoms. The molecule has 33 heavy (non-hydrogen) atoms. The van der Waals surface area contributed by atoms with E-state index in [2.05, 4.69) is 10.2 Å². The number of rotatable bonds is 8. The smallest absolute Gasteiger partial charge is 0.251 e. The fourth-order valence-corrected chi connectivity index (χ4v) is 4.62. The summed E-state index contributed by atoms with van der Waals surface area (Å²) in [7, 11) is 2.03. The molecule has 3 atom stereocenters. The number of carbonyl (C=O) groups is 2. The van der Waals surface area contributed by atoms with E-state index < -0.39 is 11.9 Å². The van der Waals surface area contributed by atoms with Gasteiger partial charge in [0, 0.05) is 31.7 Å². The molecule has 5 nitrogen and oxygen atoms in total. The highest BCUT2D eigenvalue weighted by Crippen LogP contribution is 2.50. The van der Waals surface area contributed by atoms with E-state index in [1.807, 2.05) is 24.1 Å². The van der Waals surface area contributed by atoms with Gasteiger partial charge in [0.15, 0.2) is 0 Å². The quantitative estimate of drug-likeness (QED) is 0.659. The second kappa shape index (κ2) is 10.4. The maximum Gasteiger partial charge on any atom is 0.251 e. The molecule has 0 aromatic heterocycles. The Labute approximate surface area is 193 Å². The first-order valence-corrected chi connectivity index (χ1v) is 11.7. The first-order valence-electron chi connectivity index (χ1n) is 11.7. The van der Waals surface area contributed by atoms with Crippen LogP contribution >= 0.6 is 0 Å². The first kappa shape index (κ1) is 23.4. The van der Waals surface area contributed by atoms with Crippen molar-refractivity contribution in [3.63, 3.8) is 0 Å². The molecule has 0 radical (unpaired) electrons. The molecule has 2 aliphatic rings. The number of likely N-dealkylation sites (N-methyl/N-ethyl adjacent to an activating group) is 1. The monoisotopic (exact) mass is 455 g/mol. The lowest BCUT2D eigenvalue weighted by Crippen LogP contribution is -2.54. The number of benzene rings is 2. The Morgan fingerprint density at radius 3 is 2.21 bits per heavy atom. The third-order valence-electron chi connectivity index (χ3n) is 6.81. The van der Waals surface area contributed by atoms with Gasteiger partial charge < -0.3 is 15.1 Å². The van der Waals surface area contributed by atoms with Crippen LogP contribution in [0.5, 0.6) is 0 Å². The summed E-state index contributed by atoms with van der Waals surface area (Å²) in [6.45, 7) is 2.92. The minimum Gasteiger partial charge on any atom is -0.340 e. The van der Waals surface area contributed by atoms with Gasteiger partial charge in [-0.05, 0) is 80.1 Å².